The summed E-state index contributed by atoms with van der Waals surface area (Å²) >= 11 is 1.77. The van der Waals surface area contributed by atoms with Gasteiger partial charge in [-0.15, -0.1) is 11.3 Å². The second-order valence-electron chi connectivity index (χ2n) is 5.01. The van der Waals surface area contributed by atoms with Gasteiger partial charge < -0.3 is 15.0 Å². The number of likely N-dealkylation sites (N-methyl/N-ethyl adjacent to an activating group) is 1. The fraction of sp³-hybridized carbons (Fsp3) is 0.353. The van der Waals surface area contributed by atoms with E-state index in [1.807, 2.05) is 37.4 Å². The first-order valence-electron chi connectivity index (χ1n) is 7.33. The van der Waals surface area contributed by atoms with E-state index in [0.29, 0.717) is 6.61 Å². The Kier molecular flexibility index (Phi) is 6.27. The van der Waals surface area contributed by atoms with Gasteiger partial charge >= 0.3 is 0 Å². The minimum absolute atomic E-state index is 0.624. The van der Waals surface area contributed by atoms with Gasteiger partial charge in [0.1, 0.15) is 12.4 Å². The molecule has 22 heavy (non-hydrogen) atoms. The van der Waals surface area contributed by atoms with E-state index in [-0.39, 0.29) is 0 Å². The molecular formula is C17H23N3OS. The zero-order valence-electron chi connectivity index (χ0n) is 13.4. The maximum atomic E-state index is 5.72. The second kappa shape index (κ2) is 8.44. The van der Waals surface area contributed by atoms with Gasteiger partial charge in [-0.2, -0.15) is 0 Å². The lowest BCUT2D eigenvalue weighted by Crippen LogP contribution is -2.40. The van der Waals surface area contributed by atoms with Crippen molar-refractivity contribution in [3.8, 4) is 5.75 Å². The highest BCUT2D eigenvalue weighted by atomic mass is 32.1. The number of nitrogens with zero attached hydrogens (tertiary/aromatic N) is 2. The number of rotatable bonds is 6. The summed E-state index contributed by atoms with van der Waals surface area (Å²) in [5.41, 5.74) is 1.32. The van der Waals surface area contributed by atoms with Crippen molar-refractivity contribution >= 4 is 17.3 Å². The summed E-state index contributed by atoms with van der Waals surface area (Å²) < 4.78 is 5.72. The van der Waals surface area contributed by atoms with Crippen molar-refractivity contribution in [3.63, 3.8) is 0 Å². The normalized spacial score (nSPS) is 11.3. The van der Waals surface area contributed by atoms with Gasteiger partial charge in [0, 0.05) is 19.0 Å². The van der Waals surface area contributed by atoms with Crippen molar-refractivity contribution in [2.45, 2.75) is 13.5 Å². The molecule has 0 amide bonds. The Morgan fingerprint density at radius 2 is 2.05 bits per heavy atom. The zero-order chi connectivity index (χ0) is 15.8. The number of ether oxygens (including phenoxy) is 1. The van der Waals surface area contributed by atoms with E-state index in [4.69, 9.17) is 4.74 Å². The van der Waals surface area contributed by atoms with Crippen molar-refractivity contribution in [1.82, 2.24) is 10.2 Å². The van der Waals surface area contributed by atoms with E-state index >= 15 is 0 Å². The highest BCUT2D eigenvalue weighted by molar-refractivity contribution is 7.10. The lowest BCUT2D eigenvalue weighted by molar-refractivity contribution is 0.281. The van der Waals surface area contributed by atoms with Crippen LogP contribution in [0.5, 0.6) is 5.75 Å². The molecule has 5 heteroatoms. The fourth-order valence-corrected chi connectivity index (χ4v) is 2.90. The molecule has 118 valence electrons. The average Bonchev–Trinajstić information content (AvgIpc) is 2.94. The van der Waals surface area contributed by atoms with Crippen LogP contribution in [-0.4, -0.2) is 38.1 Å². The first kappa shape index (κ1) is 16.4. The monoisotopic (exact) mass is 317 g/mol. The summed E-state index contributed by atoms with van der Waals surface area (Å²) in [5, 5.41) is 5.51. The fourth-order valence-electron chi connectivity index (χ4n) is 2.05. The summed E-state index contributed by atoms with van der Waals surface area (Å²) in [7, 11) is 3.82. The van der Waals surface area contributed by atoms with Crippen LogP contribution in [0.3, 0.4) is 0 Å². The minimum atomic E-state index is 0.624. The smallest absolute Gasteiger partial charge is 0.193 e. The molecule has 1 N–H and O–H groups in total. The number of nitrogens with one attached hydrogen (secondary N) is 1. The molecule has 0 bridgehead atoms. The van der Waals surface area contributed by atoms with Crippen LogP contribution in [0.15, 0.2) is 46.8 Å². The largest absolute Gasteiger partial charge is 0.492 e. The summed E-state index contributed by atoms with van der Waals surface area (Å²) in [6.45, 7) is 4.34. The van der Waals surface area contributed by atoms with E-state index in [1.54, 1.807) is 18.4 Å². The van der Waals surface area contributed by atoms with Crippen LogP contribution in [0.25, 0.3) is 0 Å². The molecule has 1 aromatic carbocycles. The number of para-hydroxylation sites is 1. The SMILES string of the molecule is CN=C(NCc1sccc1C)N(C)CCOc1ccccc1. The van der Waals surface area contributed by atoms with E-state index in [9.17, 15) is 0 Å². The molecule has 0 aliphatic rings. The van der Waals surface area contributed by atoms with Crippen molar-refractivity contribution < 1.29 is 4.74 Å². The van der Waals surface area contributed by atoms with Gasteiger partial charge in [-0.25, -0.2) is 0 Å². The number of thiophene rings is 1. The molecular weight excluding hydrogens is 294 g/mol. The van der Waals surface area contributed by atoms with Crippen molar-refractivity contribution in [2.24, 2.45) is 4.99 Å². The Morgan fingerprint density at radius 3 is 2.68 bits per heavy atom. The molecule has 0 saturated carbocycles. The molecule has 4 nitrogen and oxygen atoms in total. The lowest BCUT2D eigenvalue weighted by atomic mass is 10.3. The predicted molar refractivity (Wildman–Crippen MR) is 93.8 cm³/mol. The van der Waals surface area contributed by atoms with Crippen molar-refractivity contribution in [3.05, 3.63) is 52.2 Å². The van der Waals surface area contributed by atoms with Crippen LogP contribution < -0.4 is 10.1 Å². The first-order valence-corrected chi connectivity index (χ1v) is 8.21. The molecule has 1 aromatic heterocycles. The minimum Gasteiger partial charge on any atom is -0.492 e. The summed E-state index contributed by atoms with van der Waals surface area (Å²) in [5.74, 6) is 1.78. The third-order valence-corrected chi connectivity index (χ3v) is 4.41. The molecule has 2 rings (SSSR count). The first-order chi connectivity index (χ1) is 10.7. The highest BCUT2D eigenvalue weighted by Crippen LogP contribution is 2.14. The molecule has 0 saturated heterocycles. The number of guanidine groups is 1. The van der Waals surface area contributed by atoms with Crippen LogP contribution in [0, 0.1) is 6.92 Å². The number of aryl methyl sites for hydroxylation is 1. The second-order valence-corrected chi connectivity index (χ2v) is 6.01. The van der Waals surface area contributed by atoms with Crippen LogP contribution in [-0.2, 0) is 6.54 Å². The molecule has 1 heterocycles. The van der Waals surface area contributed by atoms with Crippen molar-refractivity contribution in [1.29, 1.82) is 0 Å². The molecule has 0 unspecified atom stereocenters. The Hall–Kier alpha value is -2.01. The third-order valence-electron chi connectivity index (χ3n) is 3.39. The molecule has 0 spiro atoms. The number of hydrogen-bond donors (Lipinski definition) is 1. The molecule has 0 radical (unpaired) electrons. The Balaban J connectivity index is 1.77. The summed E-state index contributed by atoms with van der Waals surface area (Å²) in [4.78, 5) is 7.74. The van der Waals surface area contributed by atoms with E-state index in [1.165, 1.54) is 10.4 Å². The van der Waals surface area contributed by atoms with Gasteiger partial charge in [0.2, 0.25) is 0 Å². The van der Waals surface area contributed by atoms with Gasteiger partial charge in [-0.05, 0) is 36.1 Å². The Labute approximate surface area is 136 Å². The number of hydrogen-bond acceptors (Lipinski definition) is 3. The number of aliphatic imine (C=N–C) groups is 1. The Morgan fingerprint density at radius 1 is 1.27 bits per heavy atom. The molecule has 0 atom stereocenters. The van der Waals surface area contributed by atoms with Crippen LogP contribution in [0.2, 0.25) is 0 Å². The summed E-state index contributed by atoms with van der Waals surface area (Å²) in [6.07, 6.45) is 0. The van der Waals surface area contributed by atoms with Crippen molar-refractivity contribution in [2.75, 3.05) is 27.2 Å². The highest BCUT2D eigenvalue weighted by Gasteiger charge is 2.07. The van der Waals surface area contributed by atoms with Gasteiger partial charge in [0.25, 0.3) is 0 Å². The number of benzene rings is 1. The van der Waals surface area contributed by atoms with E-state index in [2.05, 4.69) is 33.6 Å². The third kappa shape index (κ3) is 4.77. The lowest BCUT2D eigenvalue weighted by Gasteiger charge is -2.22. The topological polar surface area (TPSA) is 36.9 Å². The predicted octanol–water partition coefficient (Wildman–Crippen LogP) is 3.14. The molecule has 0 fully saturated rings. The van der Waals surface area contributed by atoms with Gasteiger partial charge in [-0.1, -0.05) is 18.2 Å². The van der Waals surface area contributed by atoms with Crippen LogP contribution >= 0.6 is 11.3 Å². The van der Waals surface area contributed by atoms with E-state index < -0.39 is 0 Å². The van der Waals surface area contributed by atoms with Crippen LogP contribution in [0.4, 0.5) is 0 Å². The zero-order valence-corrected chi connectivity index (χ0v) is 14.2. The molecule has 0 aliphatic heterocycles. The van der Waals surface area contributed by atoms with Gasteiger partial charge in [0.15, 0.2) is 5.96 Å². The maximum absolute atomic E-state index is 5.72. The Bertz CT molecular complexity index is 595. The maximum Gasteiger partial charge on any atom is 0.193 e. The van der Waals surface area contributed by atoms with Crippen LogP contribution in [0.1, 0.15) is 10.4 Å². The standard InChI is InChI=1S/C17H23N3OS/c1-14-9-12-22-16(14)13-19-17(18-2)20(3)10-11-21-15-7-5-4-6-8-15/h4-9,12H,10-11,13H2,1-3H3,(H,18,19). The molecule has 0 aliphatic carbocycles. The average molecular weight is 317 g/mol. The summed E-state index contributed by atoms with van der Waals surface area (Å²) in [6, 6.07) is 12.0. The van der Waals surface area contributed by atoms with Gasteiger partial charge in [0.05, 0.1) is 13.1 Å². The van der Waals surface area contributed by atoms with E-state index in [0.717, 1.165) is 24.8 Å². The van der Waals surface area contributed by atoms with Gasteiger partial charge in [-0.3, -0.25) is 4.99 Å². The molecule has 2 aromatic rings. The quantitative estimate of drug-likeness (QED) is 0.657.